The third-order valence-electron chi connectivity index (χ3n) is 4.80. The molecule has 3 unspecified atom stereocenters. The molecule has 22 heavy (non-hydrogen) atoms. The zero-order valence-corrected chi connectivity index (χ0v) is 14.1. The van der Waals surface area contributed by atoms with Crippen LogP contribution in [-0.4, -0.2) is 43.8 Å². The molecule has 1 aliphatic heterocycles. The zero-order valence-electron chi connectivity index (χ0n) is 13.2. The average Bonchev–Trinajstić information content (AvgIpc) is 3.03. The van der Waals surface area contributed by atoms with E-state index in [9.17, 15) is 0 Å². The van der Waals surface area contributed by atoms with E-state index >= 15 is 0 Å². The summed E-state index contributed by atoms with van der Waals surface area (Å²) in [4.78, 5) is 2.50. The van der Waals surface area contributed by atoms with Crippen molar-refractivity contribution in [1.29, 1.82) is 0 Å². The first-order valence-electron chi connectivity index (χ1n) is 8.10. The Morgan fingerprint density at radius 1 is 1.14 bits per heavy atom. The third kappa shape index (κ3) is 3.86. The van der Waals surface area contributed by atoms with Gasteiger partial charge in [0.2, 0.25) is 0 Å². The molecule has 0 spiro atoms. The van der Waals surface area contributed by atoms with Crippen molar-refractivity contribution in [3.05, 3.63) is 24.3 Å². The van der Waals surface area contributed by atoms with Gasteiger partial charge in [-0.25, -0.2) is 0 Å². The highest BCUT2D eigenvalue weighted by Gasteiger charge is 2.40. The van der Waals surface area contributed by atoms with Crippen LogP contribution < -0.4 is 15.2 Å². The predicted octanol–water partition coefficient (Wildman–Crippen LogP) is 2.56. The topological polar surface area (TPSA) is 47.7 Å². The van der Waals surface area contributed by atoms with E-state index in [0.29, 0.717) is 25.2 Å². The van der Waals surface area contributed by atoms with Gasteiger partial charge in [-0.1, -0.05) is 12.1 Å². The lowest BCUT2D eigenvalue weighted by Crippen LogP contribution is -2.32. The number of halogens is 1. The van der Waals surface area contributed by atoms with Crippen molar-refractivity contribution in [2.45, 2.75) is 25.8 Å². The number of fused-ring (bicyclic) bond motifs is 1. The minimum Gasteiger partial charge on any atom is -0.490 e. The highest BCUT2D eigenvalue weighted by molar-refractivity contribution is 5.85. The van der Waals surface area contributed by atoms with Gasteiger partial charge in [0.05, 0.1) is 6.61 Å². The molecule has 1 saturated carbocycles. The number of hydrogen-bond donors (Lipinski definition) is 1. The van der Waals surface area contributed by atoms with Gasteiger partial charge >= 0.3 is 0 Å². The van der Waals surface area contributed by atoms with Gasteiger partial charge in [0.15, 0.2) is 11.5 Å². The lowest BCUT2D eigenvalue weighted by Gasteiger charge is -2.19. The summed E-state index contributed by atoms with van der Waals surface area (Å²) in [5.74, 6) is 3.20. The van der Waals surface area contributed by atoms with Gasteiger partial charge in [-0.15, -0.1) is 12.4 Å². The molecule has 3 atom stereocenters. The maximum Gasteiger partial charge on any atom is 0.161 e. The summed E-state index contributed by atoms with van der Waals surface area (Å²) < 4.78 is 11.5. The normalized spacial score (nSPS) is 27.3. The fourth-order valence-electron chi connectivity index (χ4n) is 3.71. The standard InChI is InChI=1S/C17H26N2O2.ClH/c1-2-20-16-5-3-4-6-17(16)21-10-9-19-11-13-7-8-15(18)14(13)12-19;/h3-6,13-15H,2,7-12,18H2,1H3;1H. The van der Waals surface area contributed by atoms with Crippen LogP contribution in [0.2, 0.25) is 0 Å². The van der Waals surface area contributed by atoms with E-state index in [1.54, 1.807) is 0 Å². The zero-order chi connectivity index (χ0) is 14.7. The SMILES string of the molecule is CCOc1ccccc1OCCN1CC2CCC(N)C2C1.Cl. The second kappa shape index (κ2) is 8.04. The summed E-state index contributed by atoms with van der Waals surface area (Å²) in [7, 11) is 0. The largest absolute Gasteiger partial charge is 0.490 e. The number of para-hydroxylation sites is 2. The first kappa shape index (κ1) is 17.4. The second-order valence-corrected chi connectivity index (χ2v) is 6.15. The van der Waals surface area contributed by atoms with Crippen molar-refractivity contribution in [1.82, 2.24) is 4.90 Å². The van der Waals surface area contributed by atoms with Gasteiger partial charge in [0, 0.05) is 25.7 Å². The first-order valence-corrected chi connectivity index (χ1v) is 8.10. The van der Waals surface area contributed by atoms with Crippen molar-refractivity contribution in [2.24, 2.45) is 17.6 Å². The Labute approximate surface area is 139 Å². The van der Waals surface area contributed by atoms with Crippen LogP contribution in [-0.2, 0) is 0 Å². The molecule has 0 aromatic heterocycles. The van der Waals surface area contributed by atoms with Crippen molar-refractivity contribution in [3.8, 4) is 11.5 Å². The minimum atomic E-state index is 0. The van der Waals surface area contributed by atoms with Crippen LogP contribution >= 0.6 is 12.4 Å². The molecule has 1 aromatic carbocycles. The van der Waals surface area contributed by atoms with Crippen LogP contribution in [0, 0.1) is 11.8 Å². The third-order valence-corrected chi connectivity index (χ3v) is 4.80. The Morgan fingerprint density at radius 2 is 1.86 bits per heavy atom. The highest BCUT2D eigenvalue weighted by atomic mass is 35.5. The van der Waals surface area contributed by atoms with Gasteiger partial charge in [-0.05, 0) is 43.7 Å². The first-order chi connectivity index (χ1) is 10.3. The molecule has 1 aliphatic carbocycles. The van der Waals surface area contributed by atoms with E-state index in [-0.39, 0.29) is 12.4 Å². The molecule has 2 N–H and O–H groups in total. The van der Waals surface area contributed by atoms with E-state index in [1.165, 1.54) is 19.4 Å². The summed E-state index contributed by atoms with van der Waals surface area (Å²) in [5.41, 5.74) is 6.18. The van der Waals surface area contributed by atoms with E-state index in [4.69, 9.17) is 15.2 Å². The van der Waals surface area contributed by atoms with Crippen LogP contribution in [0.1, 0.15) is 19.8 Å². The Bertz CT molecular complexity index is 472. The number of nitrogens with two attached hydrogens (primary N) is 1. The second-order valence-electron chi connectivity index (χ2n) is 6.15. The maximum atomic E-state index is 6.18. The molecule has 1 heterocycles. The summed E-state index contributed by atoms with van der Waals surface area (Å²) in [6.07, 6.45) is 2.51. The fraction of sp³-hybridized carbons (Fsp3) is 0.647. The smallest absolute Gasteiger partial charge is 0.161 e. The van der Waals surface area contributed by atoms with Crippen LogP contribution in [0.15, 0.2) is 24.3 Å². The van der Waals surface area contributed by atoms with Crippen LogP contribution in [0.5, 0.6) is 11.5 Å². The van der Waals surface area contributed by atoms with Gasteiger partial charge in [0.25, 0.3) is 0 Å². The monoisotopic (exact) mass is 326 g/mol. The molecule has 0 amide bonds. The van der Waals surface area contributed by atoms with E-state index < -0.39 is 0 Å². The minimum absolute atomic E-state index is 0. The van der Waals surface area contributed by atoms with Crippen molar-refractivity contribution in [3.63, 3.8) is 0 Å². The molecule has 3 rings (SSSR count). The van der Waals surface area contributed by atoms with Gasteiger partial charge < -0.3 is 15.2 Å². The number of nitrogens with zero attached hydrogens (tertiary/aromatic N) is 1. The maximum absolute atomic E-state index is 6.18. The molecule has 2 fully saturated rings. The molecule has 0 bridgehead atoms. The molecule has 5 heteroatoms. The van der Waals surface area contributed by atoms with Crippen molar-refractivity contribution in [2.75, 3.05) is 32.8 Å². The predicted molar refractivity (Wildman–Crippen MR) is 91.0 cm³/mol. The number of benzene rings is 1. The molecule has 2 aliphatic rings. The summed E-state index contributed by atoms with van der Waals surface area (Å²) in [6, 6.07) is 8.30. The lowest BCUT2D eigenvalue weighted by molar-refractivity contribution is 0.216. The summed E-state index contributed by atoms with van der Waals surface area (Å²) >= 11 is 0. The van der Waals surface area contributed by atoms with E-state index in [1.807, 2.05) is 31.2 Å². The van der Waals surface area contributed by atoms with E-state index in [2.05, 4.69) is 4.90 Å². The summed E-state index contributed by atoms with van der Waals surface area (Å²) in [5, 5.41) is 0. The Hall–Kier alpha value is -0.970. The van der Waals surface area contributed by atoms with Crippen LogP contribution in [0.25, 0.3) is 0 Å². The van der Waals surface area contributed by atoms with E-state index in [0.717, 1.165) is 30.5 Å². The molecule has 124 valence electrons. The number of hydrogen-bond acceptors (Lipinski definition) is 4. The van der Waals surface area contributed by atoms with Crippen LogP contribution in [0.3, 0.4) is 0 Å². The van der Waals surface area contributed by atoms with Crippen molar-refractivity contribution >= 4 is 12.4 Å². The van der Waals surface area contributed by atoms with Gasteiger partial charge in [-0.3, -0.25) is 4.90 Å². The highest BCUT2D eigenvalue weighted by Crippen LogP contribution is 2.37. The van der Waals surface area contributed by atoms with Crippen LogP contribution in [0.4, 0.5) is 0 Å². The quantitative estimate of drug-likeness (QED) is 0.872. The molecular weight excluding hydrogens is 300 g/mol. The Kier molecular flexibility index (Phi) is 6.36. The van der Waals surface area contributed by atoms with Gasteiger partial charge in [0.1, 0.15) is 6.61 Å². The summed E-state index contributed by atoms with van der Waals surface area (Å²) in [6.45, 7) is 6.66. The molecular formula is C17H27ClN2O2. The number of rotatable bonds is 6. The number of likely N-dealkylation sites (tertiary alicyclic amines) is 1. The van der Waals surface area contributed by atoms with Crippen molar-refractivity contribution < 1.29 is 9.47 Å². The average molecular weight is 327 g/mol. The Balaban J connectivity index is 0.00000176. The number of ether oxygens (including phenoxy) is 2. The Morgan fingerprint density at radius 3 is 2.55 bits per heavy atom. The molecule has 0 radical (unpaired) electrons. The van der Waals surface area contributed by atoms with Gasteiger partial charge in [-0.2, -0.15) is 0 Å². The fourth-order valence-corrected chi connectivity index (χ4v) is 3.71. The molecule has 1 saturated heterocycles. The molecule has 1 aromatic rings. The lowest BCUT2D eigenvalue weighted by atomic mass is 9.98. The molecule has 4 nitrogen and oxygen atoms in total.